The Kier molecular flexibility index (Phi) is 5.85. The zero-order valence-corrected chi connectivity index (χ0v) is 16.8. The lowest BCUT2D eigenvalue weighted by molar-refractivity contribution is 0.0660. The highest BCUT2D eigenvalue weighted by molar-refractivity contribution is 6.34. The third kappa shape index (κ3) is 4.16. The number of aryl methyl sites for hydroxylation is 1. The van der Waals surface area contributed by atoms with Gasteiger partial charge in [0.05, 0.1) is 23.0 Å². The van der Waals surface area contributed by atoms with Gasteiger partial charge in [-0.05, 0) is 26.3 Å². The summed E-state index contributed by atoms with van der Waals surface area (Å²) in [5.74, 6) is -0.131. The number of hydrogen-bond donors (Lipinski definition) is 1. The molecule has 0 aliphatic carbocycles. The van der Waals surface area contributed by atoms with E-state index >= 15 is 0 Å². The zero-order valence-electron chi connectivity index (χ0n) is 16.1. The molecule has 0 spiro atoms. The van der Waals surface area contributed by atoms with Gasteiger partial charge in [-0.2, -0.15) is 5.10 Å². The van der Waals surface area contributed by atoms with E-state index in [9.17, 15) is 4.79 Å². The van der Waals surface area contributed by atoms with Crippen LogP contribution in [0, 0.1) is 12.8 Å². The number of carbonyl (C=O) groups is 1. The van der Waals surface area contributed by atoms with Crippen molar-refractivity contribution in [2.45, 2.75) is 46.3 Å². The summed E-state index contributed by atoms with van der Waals surface area (Å²) in [4.78, 5) is 18.3. The summed E-state index contributed by atoms with van der Waals surface area (Å²) in [6.45, 7) is 8.11. The van der Waals surface area contributed by atoms with Gasteiger partial charge in [-0.1, -0.05) is 54.0 Å². The summed E-state index contributed by atoms with van der Waals surface area (Å²) in [7, 11) is 0. The molecular weight excluding hydrogens is 364 g/mol. The van der Waals surface area contributed by atoms with Gasteiger partial charge >= 0.3 is 0 Å². The van der Waals surface area contributed by atoms with Crippen LogP contribution in [0.5, 0.6) is 0 Å². The summed E-state index contributed by atoms with van der Waals surface area (Å²) in [5, 5.41) is 11.8. The number of oxime groups is 1. The molecule has 0 saturated heterocycles. The van der Waals surface area contributed by atoms with Crippen LogP contribution in [0.15, 0.2) is 35.5 Å². The minimum absolute atomic E-state index is 0.0219. The van der Waals surface area contributed by atoms with Crippen LogP contribution in [0.1, 0.15) is 48.6 Å². The quantitative estimate of drug-likeness (QED) is 0.818. The first-order valence-electron chi connectivity index (χ1n) is 9.17. The molecule has 0 fully saturated rings. The zero-order chi connectivity index (χ0) is 19.6. The lowest BCUT2D eigenvalue weighted by Gasteiger charge is -2.15. The second-order valence-corrected chi connectivity index (χ2v) is 7.55. The molecule has 2 atom stereocenters. The predicted octanol–water partition coefficient (Wildman–Crippen LogP) is 3.79. The van der Waals surface area contributed by atoms with E-state index in [1.165, 1.54) is 5.56 Å². The van der Waals surface area contributed by atoms with Gasteiger partial charge in [-0.3, -0.25) is 9.48 Å². The van der Waals surface area contributed by atoms with Gasteiger partial charge in [-0.15, -0.1) is 0 Å². The Morgan fingerprint density at radius 1 is 1.33 bits per heavy atom. The molecule has 2 aromatic rings. The Balaban J connectivity index is 1.62. The SMILES string of the molecule is Cc1nn(C(C)C)c(C(=O)NCC2=NOC(Cc3ccccc3)C2C)c1Cl. The summed E-state index contributed by atoms with van der Waals surface area (Å²) in [6.07, 6.45) is 0.764. The minimum atomic E-state index is -0.254. The van der Waals surface area contributed by atoms with E-state index in [4.69, 9.17) is 16.4 Å². The van der Waals surface area contributed by atoms with Crippen LogP contribution in [0.4, 0.5) is 0 Å². The van der Waals surface area contributed by atoms with Crippen molar-refractivity contribution < 1.29 is 9.63 Å². The van der Waals surface area contributed by atoms with Crippen LogP contribution >= 0.6 is 11.6 Å². The van der Waals surface area contributed by atoms with E-state index in [0.29, 0.717) is 23.0 Å². The van der Waals surface area contributed by atoms with E-state index < -0.39 is 0 Å². The molecule has 27 heavy (non-hydrogen) atoms. The summed E-state index contributed by atoms with van der Waals surface area (Å²) < 4.78 is 1.65. The van der Waals surface area contributed by atoms with Gasteiger partial charge in [0.25, 0.3) is 5.91 Å². The molecule has 0 radical (unpaired) electrons. The number of rotatable bonds is 6. The number of carbonyl (C=O) groups excluding carboxylic acids is 1. The lowest BCUT2D eigenvalue weighted by atomic mass is 9.94. The lowest BCUT2D eigenvalue weighted by Crippen LogP contribution is -2.35. The Morgan fingerprint density at radius 3 is 2.70 bits per heavy atom. The highest BCUT2D eigenvalue weighted by atomic mass is 35.5. The van der Waals surface area contributed by atoms with Crippen LogP contribution in [0.2, 0.25) is 5.02 Å². The van der Waals surface area contributed by atoms with Crippen molar-refractivity contribution in [2.75, 3.05) is 6.54 Å². The molecule has 3 rings (SSSR count). The van der Waals surface area contributed by atoms with Gasteiger partial charge in [0, 0.05) is 18.4 Å². The first-order chi connectivity index (χ1) is 12.9. The maximum Gasteiger partial charge on any atom is 0.271 e. The standard InChI is InChI=1S/C20H25ClN4O2/c1-12(2)25-19(18(21)14(4)23-25)20(26)22-11-16-13(3)17(27-24-16)10-15-8-6-5-7-9-15/h5-9,12-13,17H,10-11H2,1-4H3,(H,22,26). The van der Waals surface area contributed by atoms with Gasteiger partial charge in [0.2, 0.25) is 0 Å². The number of amides is 1. The molecule has 1 amide bonds. The van der Waals surface area contributed by atoms with Crippen molar-refractivity contribution in [1.29, 1.82) is 0 Å². The van der Waals surface area contributed by atoms with Crippen molar-refractivity contribution in [3.05, 3.63) is 52.3 Å². The average Bonchev–Trinajstić information content (AvgIpc) is 3.14. The first kappa shape index (κ1) is 19.4. The molecule has 6 nitrogen and oxygen atoms in total. The topological polar surface area (TPSA) is 68.5 Å². The predicted molar refractivity (Wildman–Crippen MR) is 106 cm³/mol. The largest absolute Gasteiger partial charge is 0.391 e. The van der Waals surface area contributed by atoms with E-state index in [1.54, 1.807) is 11.6 Å². The molecule has 1 N–H and O–H groups in total. The van der Waals surface area contributed by atoms with Gasteiger partial charge in [0.1, 0.15) is 11.8 Å². The number of aromatic nitrogens is 2. The average molecular weight is 389 g/mol. The Hall–Kier alpha value is -2.34. The fourth-order valence-corrected chi connectivity index (χ4v) is 3.35. The fraction of sp³-hybridized carbons (Fsp3) is 0.450. The third-order valence-electron chi connectivity index (χ3n) is 4.82. The Morgan fingerprint density at radius 2 is 2.04 bits per heavy atom. The molecule has 1 aliphatic heterocycles. The molecule has 2 unspecified atom stereocenters. The Labute approximate surface area is 164 Å². The molecule has 1 aromatic carbocycles. The Bertz CT molecular complexity index is 845. The van der Waals surface area contributed by atoms with Gasteiger partial charge < -0.3 is 10.2 Å². The normalized spacial score (nSPS) is 19.1. The second-order valence-electron chi connectivity index (χ2n) is 7.17. The van der Waals surface area contributed by atoms with Crippen molar-refractivity contribution >= 4 is 23.2 Å². The van der Waals surface area contributed by atoms with Crippen molar-refractivity contribution in [1.82, 2.24) is 15.1 Å². The molecular formula is C20H25ClN4O2. The highest BCUT2D eigenvalue weighted by Gasteiger charge is 2.31. The molecule has 7 heteroatoms. The van der Waals surface area contributed by atoms with Crippen molar-refractivity contribution in [3.63, 3.8) is 0 Å². The van der Waals surface area contributed by atoms with E-state index in [1.807, 2.05) is 32.0 Å². The maximum absolute atomic E-state index is 12.7. The second kappa shape index (κ2) is 8.13. The first-order valence-corrected chi connectivity index (χ1v) is 9.55. The highest BCUT2D eigenvalue weighted by Crippen LogP contribution is 2.24. The monoisotopic (exact) mass is 388 g/mol. The van der Waals surface area contributed by atoms with E-state index in [-0.39, 0.29) is 24.0 Å². The minimum Gasteiger partial charge on any atom is -0.391 e. The number of hydrogen-bond acceptors (Lipinski definition) is 4. The van der Waals surface area contributed by atoms with Crippen molar-refractivity contribution in [2.24, 2.45) is 11.1 Å². The van der Waals surface area contributed by atoms with Crippen LogP contribution in [0.3, 0.4) is 0 Å². The molecule has 1 aliphatic rings. The molecule has 2 heterocycles. The molecule has 0 bridgehead atoms. The molecule has 0 saturated carbocycles. The summed E-state index contributed by atoms with van der Waals surface area (Å²) in [5.41, 5.74) is 3.07. The number of nitrogens with one attached hydrogen (secondary N) is 1. The smallest absolute Gasteiger partial charge is 0.271 e. The summed E-state index contributed by atoms with van der Waals surface area (Å²) in [6, 6.07) is 10.2. The van der Waals surface area contributed by atoms with Crippen LogP contribution in [-0.4, -0.2) is 34.0 Å². The van der Waals surface area contributed by atoms with Crippen LogP contribution in [-0.2, 0) is 11.3 Å². The number of nitrogens with zero attached hydrogens (tertiary/aromatic N) is 3. The maximum atomic E-state index is 12.7. The third-order valence-corrected chi connectivity index (χ3v) is 5.27. The van der Waals surface area contributed by atoms with Gasteiger partial charge in [0.15, 0.2) is 0 Å². The number of halogens is 1. The molecule has 144 valence electrons. The van der Waals surface area contributed by atoms with Gasteiger partial charge in [-0.25, -0.2) is 0 Å². The fourth-order valence-electron chi connectivity index (χ4n) is 3.14. The van der Waals surface area contributed by atoms with Crippen LogP contribution < -0.4 is 5.32 Å². The van der Waals surface area contributed by atoms with E-state index in [2.05, 4.69) is 34.6 Å². The summed E-state index contributed by atoms with van der Waals surface area (Å²) >= 11 is 6.29. The number of benzene rings is 1. The molecule has 1 aromatic heterocycles. The van der Waals surface area contributed by atoms with Crippen molar-refractivity contribution in [3.8, 4) is 0 Å². The van der Waals surface area contributed by atoms with E-state index in [0.717, 1.165) is 12.1 Å². The van der Waals surface area contributed by atoms with Crippen LogP contribution in [0.25, 0.3) is 0 Å².